The second-order valence-corrected chi connectivity index (χ2v) is 3.18. The van der Waals surface area contributed by atoms with Crippen molar-refractivity contribution in [3.8, 4) is 6.07 Å². The van der Waals surface area contributed by atoms with Gasteiger partial charge >= 0.3 is 5.97 Å². The van der Waals surface area contributed by atoms with Gasteiger partial charge in [-0.1, -0.05) is 0 Å². The first-order chi connectivity index (χ1) is 8.92. The lowest BCUT2D eigenvalue weighted by Crippen LogP contribution is -2.11. The summed E-state index contributed by atoms with van der Waals surface area (Å²) >= 11 is 0. The Bertz CT molecular complexity index is 569. The zero-order valence-corrected chi connectivity index (χ0v) is 9.59. The lowest BCUT2D eigenvalue weighted by molar-refractivity contribution is -0.386. The van der Waals surface area contributed by atoms with Crippen LogP contribution in [0.25, 0.3) is 0 Å². The number of carbonyl (C=O) groups excluding carboxylic acids is 1. The van der Waals surface area contributed by atoms with Gasteiger partial charge in [0.1, 0.15) is 11.6 Å². The number of nitro groups is 1. The lowest BCUT2D eigenvalue weighted by Gasteiger charge is -2.06. The van der Waals surface area contributed by atoms with Crippen LogP contribution in [0.15, 0.2) is 6.07 Å². The van der Waals surface area contributed by atoms with Gasteiger partial charge in [-0.2, -0.15) is 5.26 Å². The van der Waals surface area contributed by atoms with Gasteiger partial charge in [-0.05, 0) is 6.92 Å². The van der Waals surface area contributed by atoms with Crippen LogP contribution in [0.5, 0.6) is 0 Å². The molecule has 7 nitrogen and oxygen atoms in total. The number of ether oxygens (including phenoxy) is 1. The molecule has 1 aromatic rings. The molecule has 1 heterocycles. The molecule has 0 amide bonds. The van der Waals surface area contributed by atoms with E-state index in [9.17, 15) is 23.7 Å². The zero-order chi connectivity index (χ0) is 14.6. The van der Waals surface area contributed by atoms with Crippen LogP contribution in [0.3, 0.4) is 0 Å². The van der Waals surface area contributed by atoms with E-state index in [-0.39, 0.29) is 6.61 Å². The summed E-state index contributed by atoms with van der Waals surface area (Å²) < 4.78 is 30.0. The number of rotatable bonds is 4. The highest BCUT2D eigenvalue weighted by Gasteiger charge is 2.29. The number of hydrogen-bond donors (Lipinski definition) is 0. The largest absolute Gasteiger partial charge is 0.461 e. The van der Waals surface area contributed by atoms with Gasteiger partial charge in [0, 0.05) is 6.07 Å². The number of alkyl halides is 2. The molecule has 0 bridgehead atoms. The number of nitrogens with zero attached hydrogens (tertiary/aromatic N) is 3. The summed E-state index contributed by atoms with van der Waals surface area (Å²) in [5, 5.41) is 19.4. The summed E-state index contributed by atoms with van der Waals surface area (Å²) in [7, 11) is 0. The normalized spacial score (nSPS) is 10.1. The van der Waals surface area contributed by atoms with Crippen LogP contribution in [-0.2, 0) is 4.74 Å². The van der Waals surface area contributed by atoms with Gasteiger partial charge in [-0.3, -0.25) is 10.1 Å². The number of carbonyl (C=O) groups is 1. The molecule has 0 aliphatic carbocycles. The minimum Gasteiger partial charge on any atom is -0.461 e. The molecule has 0 spiro atoms. The van der Waals surface area contributed by atoms with E-state index in [0.717, 1.165) is 0 Å². The maximum Gasteiger partial charge on any atom is 0.357 e. The summed E-state index contributed by atoms with van der Waals surface area (Å²) in [5.41, 5.74) is -3.58. The molecule has 1 aromatic heterocycles. The van der Waals surface area contributed by atoms with E-state index >= 15 is 0 Å². The molecule has 0 aliphatic rings. The molecule has 1 rings (SSSR count). The number of nitriles is 1. The van der Waals surface area contributed by atoms with E-state index in [2.05, 4.69) is 9.72 Å². The molecule has 100 valence electrons. The van der Waals surface area contributed by atoms with Crippen LogP contribution in [0.4, 0.5) is 14.5 Å². The molecule has 9 heteroatoms. The van der Waals surface area contributed by atoms with Crippen LogP contribution in [0.1, 0.15) is 35.1 Å². The topological polar surface area (TPSA) is 106 Å². The summed E-state index contributed by atoms with van der Waals surface area (Å²) in [6.45, 7) is 1.47. The molecule has 0 saturated carbocycles. The molecule has 0 radical (unpaired) electrons. The fraction of sp³-hybridized carbons (Fsp3) is 0.300. The van der Waals surface area contributed by atoms with Crippen LogP contribution >= 0.6 is 0 Å². The average molecular weight is 271 g/mol. The standard InChI is InChI=1S/C10H7F2N3O4/c1-2-19-10(16)5-3-7(15(17)18)8(9(11)12)6(4-13)14-5/h3,9H,2H2,1H3. The van der Waals surface area contributed by atoms with Gasteiger partial charge in [0.25, 0.3) is 12.1 Å². The third-order valence-corrected chi connectivity index (χ3v) is 2.04. The number of aromatic nitrogens is 1. The fourth-order valence-electron chi connectivity index (χ4n) is 1.30. The molecule has 0 aliphatic heterocycles. The van der Waals surface area contributed by atoms with Crippen molar-refractivity contribution >= 4 is 11.7 Å². The van der Waals surface area contributed by atoms with Crippen LogP contribution < -0.4 is 0 Å². The summed E-state index contributed by atoms with van der Waals surface area (Å²) in [4.78, 5) is 24.3. The van der Waals surface area contributed by atoms with Crippen LogP contribution in [0.2, 0.25) is 0 Å². The Balaban J connectivity index is 3.50. The first-order valence-electron chi connectivity index (χ1n) is 4.97. The first-order valence-corrected chi connectivity index (χ1v) is 4.97. The van der Waals surface area contributed by atoms with Crippen molar-refractivity contribution in [3.05, 3.63) is 33.1 Å². The van der Waals surface area contributed by atoms with E-state index < -0.39 is 40.0 Å². The number of esters is 1. The molecule has 0 saturated heterocycles. The van der Waals surface area contributed by atoms with Crippen molar-refractivity contribution in [1.82, 2.24) is 4.98 Å². The van der Waals surface area contributed by atoms with Crippen molar-refractivity contribution in [2.24, 2.45) is 0 Å². The van der Waals surface area contributed by atoms with E-state index in [4.69, 9.17) is 5.26 Å². The molecule has 0 aromatic carbocycles. The second kappa shape index (κ2) is 5.81. The van der Waals surface area contributed by atoms with Gasteiger partial charge in [-0.25, -0.2) is 18.6 Å². The van der Waals surface area contributed by atoms with Crippen molar-refractivity contribution < 1.29 is 23.2 Å². The Morgan fingerprint density at radius 3 is 2.74 bits per heavy atom. The minimum atomic E-state index is -3.25. The molecule has 0 fully saturated rings. The van der Waals surface area contributed by atoms with Crippen molar-refractivity contribution in [2.75, 3.05) is 6.61 Å². The molecular formula is C10H7F2N3O4. The third kappa shape index (κ3) is 2.98. The minimum absolute atomic E-state index is 0.0210. The van der Waals surface area contributed by atoms with Crippen molar-refractivity contribution in [3.63, 3.8) is 0 Å². The van der Waals surface area contributed by atoms with Gasteiger partial charge in [0.2, 0.25) is 0 Å². The summed E-state index contributed by atoms with van der Waals surface area (Å²) in [6.07, 6.45) is -3.25. The Morgan fingerprint density at radius 2 is 2.32 bits per heavy atom. The third-order valence-electron chi connectivity index (χ3n) is 2.04. The summed E-state index contributed by atoms with van der Waals surface area (Å²) in [5.74, 6) is -1.03. The predicted octanol–water partition coefficient (Wildman–Crippen LogP) is 1.98. The highest BCUT2D eigenvalue weighted by molar-refractivity contribution is 5.88. The van der Waals surface area contributed by atoms with E-state index in [1.165, 1.54) is 13.0 Å². The first kappa shape index (κ1) is 14.4. The number of pyridine rings is 1. The Labute approximate surface area is 105 Å². The number of hydrogen-bond acceptors (Lipinski definition) is 6. The average Bonchev–Trinajstić information content (AvgIpc) is 2.36. The van der Waals surface area contributed by atoms with Crippen molar-refractivity contribution in [1.29, 1.82) is 5.26 Å². The molecule has 19 heavy (non-hydrogen) atoms. The van der Waals surface area contributed by atoms with E-state index in [0.29, 0.717) is 6.07 Å². The zero-order valence-electron chi connectivity index (χ0n) is 9.59. The lowest BCUT2D eigenvalue weighted by atomic mass is 10.1. The predicted molar refractivity (Wildman–Crippen MR) is 56.5 cm³/mol. The van der Waals surface area contributed by atoms with E-state index in [1.807, 2.05) is 0 Å². The molecule has 0 atom stereocenters. The van der Waals surface area contributed by atoms with Gasteiger partial charge in [-0.15, -0.1) is 0 Å². The fourth-order valence-corrected chi connectivity index (χ4v) is 1.30. The Hall–Kier alpha value is -2.63. The number of halogens is 2. The molecular weight excluding hydrogens is 264 g/mol. The molecule has 0 N–H and O–H groups in total. The summed E-state index contributed by atoms with van der Waals surface area (Å²) in [6, 6.07) is 1.88. The van der Waals surface area contributed by atoms with Gasteiger partial charge < -0.3 is 4.74 Å². The Morgan fingerprint density at radius 1 is 1.68 bits per heavy atom. The maximum absolute atomic E-state index is 12.7. The maximum atomic E-state index is 12.7. The van der Waals surface area contributed by atoms with Gasteiger partial charge in [0.15, 0.2) is 11.4 Å². The smallest absolute Gasteiger partial charge is 0.357 e. The van der Waals surface area contributed by atoms with E-state index in [1.54, 1.807) is 0 Å². The van der Waals surface area contributed by atoms with Crippen LogP contribution in [0, 0.1) is 21.4 Å². The monoisotopic (exact) mass is 271 g/mol. The molecule has 0 unspecified atom stereocenters. The van der Waals surface area contributed by atoms with Gasteiger partial charge in [0.05, 0.1) is 11.5 Å². The SMILES string of the molecule is CCOC(=O)c1cc([N+](=O)[O-])c(C(F)F)c(C#N)n1. The highest BCUT2D eigenvalue weighted by Crippen LogP contribution is 2.31. The quantitative estimate of drug-likeness (QED) is 0.470. The highest BCUT2D eigenvalue weighted by atomic mass is 19.3. The van der Waals surface area contributed by atoms with Crippen molar-refractivity contribution in [2.45, 2.75) is 13.3 Å². The Kier molecular flexibility index (Phi) is 4.41. The van der Waals surface area contributed by atoms with Crippen LogP contribution in [-0.4, -0.2) is 22.5 Å². The second-order valence-electron chi connectivity index (χ2n) is 3.18.